The van der Waals surface area contributed by atoms with E-state index in [0.29, 0.717) is 11.3 Å². The van der Waals surface area contributed by atoms with Gasteiger partial charge in [0.25, 0.3) is 5.56 Å². The van der Waals surface area contributed by atoms with Crippen molar-refractivity contribution >= 4 is 11.0 Å². The molecule has 3 heterocycles. The van der Waals surface area contributed by atoms with Gasteiger partial charge in [-0.05, 0) is 37.6 Å². The zero-order valence-corrected chi connectivity index (χ0v) is 17.8. The Morgan fingerprint density at radius 1 is 1.14 bits per heavy atom. The molecule has 1 aromatic carbocycles. The van der Waals surface area contributed by atoms with Gasteiger partial charge in [-0.15, -0.1) is 0 Å². The van der Waals surface area contributed by atoms with Crippen LogP contribution < -0.4 is 5.56 Å². The standard InChI is InChI=1S/C22H30N6O/c1-5-6-18-19-20(27(4)25-18)22(29)24-21(23-19)17-13-16(8-7-15(17)2)14-28-11-9-26(3)10-12-28/h7-8,13H,5-6,9-12,14H2,1-4H3,(H,23,24,29). The number of hydrogen-bond donors (Lipinski definition) is 1. The molecule has 0 spiro atoms. The van der Waals surface area contributed by atoms with Crippen LogP contribution in [0.4, 0.5) is 0 Å². The van der Waals surface area contributed by atoms with Crippen LogP contribution in [0.25, 0.3) is 22.4 Å². The van der Waals surface area contributed by atoms with Crippen molar-refractivity contribution < 1.29 is 0 Å². The second-order valence-electron chi connectivity index (χ2n) is 8.16. The van der Waals surface area contributed by atoms with Crippen molar-refractivity contribution in [2.75, 3.05) is 33.2 Å². The number of H-pyrrole nitrogens is 1. The molecule has 1 N–H and O–H groups in total. The predicted octanol–water partition coefficient (Wildman–Crippen LogP) is 2.33. The highest BCUT2D eigenvalue weighted by Gasteiger charge is 2.18. The number of likely N-dealkylation sites (N-methyl/N-ethyl adjacent to an activating group) is 1. The molecule has 0 unspecified atom stereocenters. The Morgan fingerprint density at radius 3 is 2.62 bits per heavy atom. The first kappa shape index (κ1) is 19.8. The van der Waals surface area contributed by atoms with Gasteiger partial charge in [-0.25, -0.2) is 4.98 Å². The van der Waals surface area contributed by atoms with Gasteiger partial charge in [0.2, 0.25) is 0 Å². The number of aromatic amines is 1. The first-order valence-corrected chi connectivity index (χ1v) is 10.4. The maximum absolute atomic E-state index is 12.8. The number of aromatic nitrogens is 4. The second kappa shape index (κ2) is 8.08. The quantitative estimate of drug-likeness (QED) is 0.719. The van der Waals surface area contributed by atoms with Crippen molar-refractivity contribution in [3.05, 3.63) is 45.4 Å². The first-order chi connectivity index (χ1) is 14.0. The molecule has 3 aromatic rings. The fraction of sp³-hybridized carbons (Fsp3) is 0.500. The van der Waals surface area contributed by atoms with Crippen LogP contribution in [0.15, 0.2) is 23.0 Å². The van der Waals surface area contributed by atoms with E-state index >= 15 is 0 Å². The van der Waals surface area contributed by atoms with E-state index in [1.807, 2.05) is 0 Å². The summed E-state index contributed by atoms with van der Waals surface area (Å²) in [7, 11) is 3.98. The number of hydrogen-bond acceptors (Lipinski definition) is 5. The third-order valence-electron chi connectivity index (χ3n) is 5.81. The minimum Gasteiger partial charge on any atom is -0.305 e. The van der Waals surface area contributed by atoms with Crippen molar-refractivity contribution in [2.24, 2.45) is 7.05 Å². The molecule has 0 saturated carbocycles. The average Bonchev–Trinajstić information content (AvgIpc) is 3.01. The Balaban J connectivity index is 1.71. The number of nitrogens with one attached hydrogen (secondary N) is 1. The van der Waals surface area contributed by atoms with Crippen LogP contribution in [0.5, 0.6) is 0 Å². The summed E-state index contributed by atoms with van der Waals surface area (Å²) in [5.41, 5.74) is 5.37. The first-order valence-electron chi connectivity index (χ1n) is 10.4. The Kier molecular flexibility index (Phi) is 5.52. The van der Waals surface area contributed by atoms with E-state index in [1.54, 1.807) is 11.7 Å². The summed E-state index contributed by atoms with van der Waals surface area (Å²) in [6.07, 6.45) is 1.78. The highest BCUT2D eigenvalue weighted by Crippen LogP contribution is 2.24. The van der Waals surface area contributed by atoms with Crippen LogP contribution >= 0.6 is 0 Å². The smallest absolute Gasteiger partial charge is 0.277 e. The topological polar surface area (TPSA) is 70.1 Å². The molecule has 2 aromatic heterocycles. The molecule has 1 aliphatic rings. The number of piperazine rings is 1. The molecule has 7 heteroatoms. The number of aryl methyl sites for hydroxylation is 3. The Hall–Kier alpha value is -2.51. The molecule has 1 saturated heterocycles. The summed E-state index contributed by atoms with van der Waals surface area (Å²) in [6.45, 7) is 9.46. The summed E-state index contributed by atoms with van der Waals surface area (Å²) < 4.78 is 1.65. The van der Waals surface area contributed by atoms with Crippen LogP contribution in [0, 0.1) is 6.92 Å². The summed E-state index contributed by atoms with van der Waals surface area (Å²) in [5, 5.41) is 4.52. The fourth-order valence-electron chi connectivity index (χ4n) is 4.07. The summed E-state index contributed by atoms with van der Waals surface area (Å²) >= 11 is 0. The zero-order chi connectivity index (χ0) is 20.5. The van der Waals surface area contributed by atoms with Gasteiger partial charge in [0.05, 0.1) is 5.69 Å². The Morgan fingerprint density at radius 2 is 1.90 bits per heavy atom. The fourth-order valence-corrected chi connectivity index (χ4v) is 4.07. The maximum atomic E-state index is 12.8. The molecule has 1 fully saturated rings. The third kappa shape index (κ3) is 3.97. The molecule has 1 aliphatic heterocycles. The van der Waals surface area contributed by atoms with E-state index in [-0.39, 0.29) is 5.56 Å². The monoisotopic (exact) mass is 394 g/mol. The minimum absolute atomic E-state index is 0.133. The van der Waals surface area contributed by atoms with Gasteiger partial charge >= 0.3 is 0 Å². The molecule has 0 amide bonds. The average molecular weight is 395 g/mol. The van der Waals surface area contributed by atoms with Gasteiger partial charge in [0, 0.05) is 45.3 Å². The van der Waals surface area contributed by atoms with E-state index in [0.717, 1.165) is 67.9 Å². The number of rotatable bonds is 5. The lowest BCUT2D eigenvalue weighted by molar-refractivity contribution is 0.148. The molecule has 4 rings (SSSR count). The Labute approximate surface area is 171 Å². The van der Waals surface area contributed by atoms with E-state index < -0.39 is 0 Å². The van der Waals surface area contributed by atoms with E-state index in [1.165, 1.54) is 5.56 Å². The summed E-state index contributed by atoms with van der Waals surface area (Å²) in [6, 6.07) is 6.48. The van der Waals surface area contributed by atoms with Crippen molar-refractivity contribution in [3.8, 4) is 11.4 Å². The van der Waals surface area contributed by atoms with Crippen molar-refractivity contribution in [1.82, 2.24) is 29.5 Å². The highest BCUT2D eigenvalue weighted by molar-refractivity contribution is 5.79. The lowest BCUT2D eigenvalue weighted by Gasteiger charge is -2.32. The molecule has 0 bridgehead atoms. The summed E-state index contributed by atoms with van der Waals surface area (Å²) in [4.78, 5) is 25.5. The Bertz CT molecular complexity index is 1070. The van der Waals surface area contributed by atoms with Gasteiger partial charge in [-0.2, -0.15) is 5.10 Å². The lowest BCUT2D eigenvalue weighted by Crippen LogP contribution is -2.43. The van der Waals surface area contributed by atoms with Crippen LogP contribution in [0.1, 0.15) is 30.2 Å². The van der Waals surface area contributed by atoms with Gasteiger partial charge in [-0.1, -0.05) is 25.5 Å². The third-order valence-corrected chi connectivity index (χ3v) is 5.81. The maximum Gasteiger partial charge on any atom is 0.277 e. The number of nitrogens with zero attached hydrogens (tertiary/aromatic N) is 5. The van der Waals surface area contributed by atoms with Gasteiger partial charge in [-0.3, -0.25) is 14.4 Å². The van der Waals surface area contributed by atoms with Gasteiger partial charge in [0.1, 0.15) is 11.3 Å². The number of fused-ring (bicyclic) bond motifs is 1. The van der Waals surface area contributed by atoms with Gasteiger partial charge in [0.15, 0.2) is 5.52 Å². The van der Waals surface area contributed by atoms with E-state index in [9.17, 15) is 4.79 Å². The van der Waals surface area contributed by atoms with Crippen LogP contribution in [0.3, 0.4) is 0 Å². The molecular weight excluding hydrogens is 364 g/mol. The molecule has 7 nitrogen and oxygen atoms in total. The largest absolute Gasteiger partial charge is 0.305 e. The normalized spacial score (nSPS) is 16.0. The van der Waals surface area contributed by atoms with Crippen molar-refractivity contribution in [3.63, 3.8) is 0 Å². The van der Waals surface area contributed by atoms with E-state index in [2.05, 4.69) is 59.0 Å². The van der Waals surface area contributed by atoms with Gasteiger partial charge < -0.3 is 9.88 Å². The predicted molar refractivity (Wildman–Crippen MR) is 116 cm³/mol. The molecular formula is C22H30N6O. The zero-order valence-electron chi connectivity index (χ0n) is 17.8. The van der Waals surface area contributed by atoms with Crippen molar-refractivity contribution in [2.45, 2.75) is 33.2 Å². The molecule has 0 aliphatic carbocycles. The summed E-state index contributed by atoms with van der Waals surface area (Å²) in [5.74, 6) is 0.630. The van der Waals surface area contributed by atoms with Crippen molar-refractivity contribution in [1.29, 1.82) is 0 Å². The highest BCUT2D eigenvalue weighted by atomic mass is 16.1. The number of benzene rings is 1. The second-order valence-corrected chi connectivity index (χ2v) is 8.16. The van der Waals surface area contributed by atoms with Crippen LogP contribution in [0.2, 0.25) is 0 Å². The minimum atomic E-state index is -0.133. The van der Waals surface area contributed by atoms with E-state index in [4.69, 9.17) is 4.98 Å². The van der Waals surface area contributed by atoms with Crippen LogP contribution in [-0.2, 0) is 20.0 Å². The molecule has 0 radical (unpaired) electrons. The SMILES string of the molecule is CCCc1nn(C)c2c(=O)[nH]c(-c3cc(CN4CCN(C)CC4)ccc3C)nc12. The van der Waals surface area contributed by atoms with Crippen LogP contribution in [-0.4, -0.2) is 62.8 Å². The lowest BCUT2D eigenvalue weighted by atomic mass is 10.0. The molecule has 154 valence electrons. The molecule has 0 atom stereocenters. The molecule has 29 heavy (non-hydrogen) atoms.